The molecule has 0 saturated carbocycles. The van der Waals surface area contributed by atoms with Crippen LogP contribution in [0.1, 0.15) is 27.8 Å². The van der Waals surface area contributed by atoms with E-state index in [0.717, 1.165) is 22.7 Å². The Balaban J connectivity index is 2.12. The Morgan fingerprint density at radius 2 is 2.00 bits per heavy atom. The number of thiophene rings is 1. The number of carbonyl (C=O) groups is 3. The number of amides is 2. The number of carboxylic acids is 1. The first-order chi connectivity index (χ1) is 9.47. The molecule has 0 aliphatic rings. The second-order valence-electron chi connectivity index (χ2n) is 3.64. The van der Waals surface area contributed by atoms with Crippen LogP contribution in [0.3, 0.4) is 0 Å². The summed E-state index contributed by atoms with van der Waals surface area (Å²) in [5, 5.41) is 17.5. The van der Waals surface area contributed by atoms with Gasteiger partial charge < -0.3 is 15.7 Å². The summed E-state index contributed by atoms with van der Waals surface area (Å²) >= 11 is 2.22. The van der Waals surface area contributed by atoms with Gasteiger partial charge in [-0.25, -0.2) is 9.78 Å². The molecule has 2 aromatic rings. The van der Waals surface area contributed by atoms with Crippen LogP contribution in [0.15, 0.2) is 16.8 Å². The zero-order valence-corrected chi connectivity index (χ0v) is 11.8. The fraction of sp³-hybridized carbons (Fsp3) is 0.0909. The maximum atomic E-state index is 11.9. The van der Waals surface area contributed by atoms with Crippen molar-refractivity contribution in [3.63, 3.8) is 0 Å². The lowest BCUT2D eigenvalue weighted by molar-refractivity contribution is -0.114. The third kappa shape index (κ3) is 3.19. The van der Waals surface area contributed by atoms with Gasteiger partial charge in [0.1, 0.15) is 10.7 Å². The number of thiazole rings is 1. The quantitative estimate of drug-likeness (QED) is 0.801. The van der Waals surface area contributed by atoms with E-state index in [-0.39, 0.29) is 22.2 Å². The van der Waals surface area contributed by atoms with E-state index in [2.05, 4.69) is 15.6 Å². The number of aromatic nitrogens is 1. The standard InChI is InChI=1S/C11H9N3O4S2/c1-5(15)12-11-13-7(4-20-11)8(16)14-9-6(10(17)18)2-3-19-9/h2-4H,1H3,(H,14,16)(H,17,18)(H,12,13,15). The van der Waals surface area contributed by atoms with Gasteiger partial charge in [-0.2, -0.15) is 0 Å². The number of nitrogens with one attached hydrogen (secondary N) is 2. The van der Waals surface area contributed by atoms with Gasteiger partial charge in [0, 0.05) is 12.3 Å². The van der Waals surface area contributed by atoms with Crippen molar-refractivity contribution in [3.05, 3.63) is 28.1 Å². The van der Waals surface area contributed by atoms with Crippen LogP contribution in [0, 0.1) is 0 Å². The highest BCUT2D eigenvalue weighted by Crippen LogP contribution is 2.24. The zero-order chi connectivity index (χ0) is 14.7. The van der Waals surface area contributed by atoms with Crippen LogP contribution >= 0.6 is 22.7 Å². The summed E-state index contributed by atoms with van der Waals surface area (Å²) < 4.78 is 0. The number of carboxylic acid groups (broad SMARTS) is 1. The minimum absolute atomic E-state index is 0.0284. The van der Waals surface area contributed by atoms with Crippen molar-refractivity contribution in [3.8, 4) is 0 Å². The molecule has 20 heavy (non-hydrogen) atoms. The van der Waals surface area contributed by atoms with Gasteiger partial charge in [0.05, 0.1) is 5.56 Å². The zero-order valence-electron chi connectivity index (χ0n) is 10.2. The molecule has 0 fully saturated rings. The Hall–Kier alpha value is -2.26. The summed E-state index contributed by atoms with van der Waals surface area (Å²) in [5.41, 5.74) is 0.143. The van der Waals surface area contributed by atoms with E-state index in [1.807, 2.05) is 0 Å². The monoisotopic (exact) mass is 311 g/mol. The summed E-state index contributed by atoms with van der Waals surface area (Å²) in [6, 6.07) is 1.41. The SMILES string of the molecule is CC(=O)Nc1nc(C(=O)Nc2sccc2C(=O)O)cs1. The lowest BCUT2D eigenvalue weighted by atomic mass is 10.3. The van der Waals surface area contributed by atoms with Crippen LogP contribution in [-0.4, -0.2) is 27.9 Å². The molecule has 0 spiro atoms. The van der Waals surface area contributed by atoms with Gasteiger partial charge >= 0.3 is 5.97 Å². The van der Waals surface area contributed by atoms with E-state index in [0.29, 0.717) is 5.13 Å². The van der Waals surface area contributed by atoms with Gasteiger partial charge in [-0.05, 0) is 11.4 Å². The lowest BCUT2D eigenvalue weighted by Crippen LogP contribution is -2.14. The lowest BCUT2D eigenvalue weighted by Gasteiger charge is -2.01. The van der Waals surface area contributed by atoms with Crippen molar-refractivity contribution >= 4 is 50.6 Å². The molecule has 9 heteroatoms. The van der Waals surface area contributed by atoms with Gasteiger partial charge in [0.15, 0.2) is 5.13 Å². The van der Waals surface area contributed by atoms with Crippen molar-refractivity contribution in [2.45, 2.75) is 6.92 Å². The molecule has 3 N–H and O–H groups in total. The Morgan fingerprint density at radius 1 is 1.25 bits per heavy atom. The highest BCUT2D eigenvalue weighted by Gasteiger charge is 2.17. The number of nitrogens with zero attached hydrogens (tertiary/aromatic N) is 1. The molecule has 0 unspecified atom stereocenters. The maximum Gasteiger partial charge on any atom is 0.338 e. The van der Waals surface area contributed by atoms with E-state index in [1.54, 1.807) is 5.38 Å². The number of aromatic carboxylic acids is 1. The van der Waals surface area contributed by atoms with Crippen LogP contribution in [0.4, 0.5) is 10.1 Å². The highest BCUT2D eigenvalue weighted by molar-refractivity contribution is 7.15. The molecule has 2 amide bonds. The van der Waals surface area contributed by atoms with Crippen LogP contribution in [0.2, 0.25) is 0 Å². The van der Waals surface area contributed by atoms with Crippen LogP contribution in [0.25, 0.3) is 0 Å². The molecule has 2 aromatic heterocycles. The maximum absolute atomic E-state index is 11.9. The first-order valence-corrected chi connectivity index (χ1v) is 7.08. The average Bonchev–Trinajstić information content (AvgIpc) is 2.97. The summed E-state index contributed by atoms with van der Waals surface area (Å²) in [6.07, 6.45) is 0. The summed E-state index contributed by atoms with van der Waals surface area (Å²) in [5.74, 6) is -1.92. The van der Waals surface area contributed by atoms with E-state index in [4.69, 9.17) is 5.11 Å². The summed E-state index contributed by atoms with van der Waals surface area (Å²) in [6.45, 7) is 1.34. The number of hydrogen-bond acceptors (Lipinski definition) is 6. The Kier molecular flexibility index (Phi) is 4.11. The van der Waals surface area contributed by atoms with Crippen molar-refractivity contribution in [2.75, 3.05) is 10.6 Å². The molecule has 0 aliphatic heterocycles. The van der Waals surface area contributed by atoms with Crippen LogP contribution < -0.4 is 10.6 Å². The highest BCUT2D eigenvalue weighted by atomic mass is 32.1. The molecule has 0 aromatic carbocycles. The van der Waals surface area contributed by atoms with Crippen molar-refractivity contribution in [1.82, 2.24) is 4.98 Å². The molecular weight excluding hydrogens is 302 g/mol. The molecule has 0 atom stereocenters. The van der Waals surface area contributed by atoms with Crippen molar-refractivity contribution < 1.29 is 19.5 Å². The predicted molar refractivity (Wildman–Crippen MR) is 75.6 cm³/mol. The molecule has 2 heterocycles. The fourth-order valence-corrected chi connectivity index (χ4v) is 2.84. The van der Waals surface area contributed by atoms with E-state index in [9.17, 15) is 14.4 Å². The van der Waals surface area contributed by atoms with Gasteiger partial charge in [0.25, 0.3) is 5.91 Å². The minimum Gasteiger partial charge on any atom is -0.478 e. The first kappa shape index (κ1) is 14.2. The van der Waals surface area contributed by atoms with E-state index < -0.39 is 11.9 Å². The third-order valence-corrected chi connectivity index (χ3v) is 3.73. The number of anilines is 2. The predicted octanol–water partition coefficient (Wildman–Crippen LogP) is 2.11. The molecule has 0 saturated heterocycles. The topological polar surface area (TPSA) is 108 Å². The molecule has 0 aliphatic carbocycles. The smallest absolute Gasteiger partial charge is 0.338 e. The van der Waals surface area contributed by atoms with Gasteiger partial charge in [-0.3, -0.25) is 9.59 Å². The molecular formula is C11H9N3O4S2. The van der Waals surface area contributed by atoms with Gasteiger partial charge in [-0.15, -0.1) is 22.7 Å². The van der Waals surface area contributed by atoms with Gasteiger partial charge in [0.2, 0.25) is 5.91 Å². The number of rotatable bonds is 4. The minimum atomic E-state index is -1.11. The summed E-state index contributed by atoms with van der Waals surface area (Å²) in [7, 11) is 0. The first-order valence-electron chi connectivity index (χ1n) is 5.32. The largest absolute Gasteiger partial charge is 0.478 e. The molecule has 0 radical (unpaired) electrons. The number of carbonyl (C=O) groups excluding carboxylic acids is 2. The Morgan fingerprint density at radius 3 is 2.65 bits per heavy atom. The fourth-order valence-electron chi connectivity index (χ4n) is 1.33. The molecule has 104 valence electrons. The van der Waals surface area contributed by atoms with Gasteiger partial charge in [-0.1, -0.05) is 0 Å². The second kappa shape index (κ2) is 5.80. The summed E-state index contributed by atoms with van der Waals surface area (Å²) in [4.78, 5) is 37.6. The second-order valence-corrected chi connectivity index (χ2v) is 5.42. The van der Waals surface area contributed by atoms with Crippen LogP contribution in [-0.2, 0) is 4.79 Å². The van der Waals surface area contributed by atoms with Crippen molar-refractivity contribution in [1.29, 1.82) is 0 Å². The Labute approximate surface area is 121 Å². The van der Waals surface area contributed by atoms with E-state index in [1.165, 1.54) is 18.4 Å². The molecule has 7 nitrogen and oxygen atoms in total. The van der Waals surface area contributed by atoms with E-state index >= 15 is 0 Å². The molecule has 0 bridgehead atoms. The van der Waals surface area contributed by atoms with Crippen molar-refractivity contribution in [2.24, 2.45) is 0 Å². The molecule has 2 rings (SSSR count). The average molecular weight is 311 g/mol. The van der Waals surface area contributed by atoms with Crippen LogP contribution in [0.5, 0.6) is 0 Å². The third-order valence-electron chi connectivity index (χ3n) is 2.14. The Bertz CT molecular complexity index is 677. The normalized spacial score (nSPS) is 10.1. The number of hydrogen-bond donors (Lipinski definition) is 3.